The van der Waals surface area contributed by atoms with E-state index in [1.807, 2.05) is 6.92 Å². The molecule has 2 aliphatic heterocycles. The molecule has 1 saturated heterocycles. The van der Waals surface area contributed by atoms with Gasteiger partial charge in [0, 0.05) is 27.4 Å². The highest BCUT2D eigenvalue weighted by Crippen LogP contribution is 2.30. The lowest BCUT2D eigenvalue weighted by molar-refractivity contribution is -0.315. The number of rotatable bonds is 15. The molecular weight excluding hydrogens is 542 g/mol. The van der Waals surface area contributed by atoms with Crippen molar-refractivity contribution in [1.82, 2.24) is 4.90 Å². The van der Waals surface area contributed by atoms with Crippen molar-refractivity contribution >= 4 is 29.7 Å². The van der Waals surface area contributed by atoms with E-state index in [0.717, 1.165) is 11.3 Å². The van der Waals surface area contributed by atoms with Crippen LogP contribution in [0.1, 0.15) is 61.3 Å². The van der Waals surface area contributed by atoms with Crippen LogP contribution in [0.2, 0.25) is 0 Å². The van der Waals surface area contributed by atoms with Gasteiger partial charge in [-0.2, -0.15) is 0 Å². The average Bonchev–Trinajstić information content (AvgIpc) is 3.16. The first-order valence-electron chi connectivity index (χ1n) is 13.5. The molecule has 13 heteroatoms. The number of carbonyl (C=O) groups is 5. The Balaban J connectivity index is 1.62. The molecule has 0 spiro atoms. The number of nitrogens with zero attached hydrogens (tertiary/aromatic N) is 1. The van der Waals surface area contributed by atoms with E-state index in [1.165, 1.54) is 20.8 Å². The van der Waals surface area contributed by atoms with Gasteiger partial charge in [0.05, 0.1) is 37.5 Å². The predicted molar refractivity (Wildman–Crippen MR) is 140 cm³/mol. The lowest BCUT2D eigenvalue weighted by Gasteiger charge is -2.44. The summed E-state index contributed by atoms with van der Waals surface area (Å²) < 4.78 is 39.5. The van der Waals surface area contributed by atoms with Crippen LogP contribution in [0.5, 0.6) is 0 Å². The van der Waals surface area contributed by atoms with E-state index in [9.17, 15) is 24.0 Å². The maximum absolute atomic E-state index is 12.5. The third-order valence-electron chi connectivity index (χ3n) is 6.30. The van der Waals surface area contributed by atoms with Crippen LogP contribution in [0.3, 0.4) is 0 Å². The number of hydrogen-bond donors (Lipinski definition) is 0. The number of carbonyl (C=O) groups excluding carboxylic acids is 5. The minimum atomic E-state index is -1.13. The van der Waals surface area contributed by atoms with Gasteiger partial charge >= 0.3 is 17.9 Å². The molecule has 226 valence electrons. The molecule has 0 aliphatic carbocycles. The van der Waals surface area contributed by atoms with Gasteiger partial charge in [-0.05, 0) is 18.6 Å². The van der Waals surface area contributed by atoms with Crippen molar-refractivity contribution in [1.29, 1.82) is 0 Å². The summed E-state index contributed by atoms with van der Waals surface area (Å²) in [5, 5.41) is 0. The Morgan fingerprint density at radius 2 is 1.44 bits per heavy atom. The molecule has 2 amide bonds. The zero-order valence-corrected chi connectivity index (χ0v) is 23.7. The number of amides is 2. The summed E-state index contributed by atoms with van der Waals surface area (Å²) in [5.41, 5.74) is 0.726. The van der Waals surface area contributed by atoms with Crippen LogP contribution in [-0.2, 0) is 47.5 Å². The van der Waals surface area contributed by atoms with Gasteiger partial charge in [0.2, 0.25) is 0 Å². The number of ether oxygens (including phenoxy) is 7. The van der Waals surface area contributed by atoms with Crippen molar-refractivity contribution in [2.45, 2.75) is 71.2 Å². The van der Waals surface area contributed by atoms with Gasteiger partial charge in [0.25, 0.3) is 11.8 Å². The number of esters is 3. The average molecular weight is 580 g/mol. The summed E-state index contributed by atoms with van der Waals surface area (Å²) in [5.74, 6) is -2.61. The van der Waals surface area contributed by atoms with Crippen molar-refractivity contribution < 1.29 is 57.1 Å². The van der Waals surface area contributed by atoms with Gasteiger partial charge in [-0.1, -0.05) is 25.5 Å². The molecule has 1 aromatic rings. The van der Waals surface area contributed by atoms with Gasteiger partial charge in [0.1, 0.15) is 18.8 Å². The Morgan fingerprint density at radius 3 is 2.02 bits per heavy atom. The molecular formula is C28H37NO12. The molecule has 1 aromatic carbocycles. The van der Waals surface area contributed by atoms with Gasteiger partial charge < -0.3 is 33.2 Å². The fourth-order valence-corrected chi connectivity index (χ4v) is 4.47. The Labute approximate surface area is 238 Å². The molecule has 2 heterocycles. The first-order chi connectivity index (χ1) is 19.6. The van der Waals surface area contributed by atoms with Crippen LogP contribution in [0.25, 0.3) is 0 Å². The zero-order chi connectivity index (χ0) is 29.9. The summed E-state index contributed by atoms with van der Waals surface area (Å²) in [6.45, 7) is 5.84. The smallest absolute Gasteiger partial charge is 0.303 e. The number of unbranched alkanes of at least 4 members (excludes halogenated alkanes) is 1. The van der Waals surface area contributed by atoms with Gasteiger partial charge in [-0.25, -0.2) is 0 Å². The molecule has 0 unspecified atom stereocenters. The topological polar surface area (TPSA) is 153 Å². The van der Waals surface area contributed by atoms with E-state index >= 15 is 0 Å². The van der Waals surface area contributed by atoms with E-state index in [-0.39, 0.29) is 44.8 Å². The Hall–Kier alpha value is -3.39. The molecule has 5 atom stereocenters. The molecule has 0 N–H and O–H groups in total. The normalized spacial score (nSPS) is 23.7. The Morgan fingerprint density at radius 1 is 0.805 bits per heavy atom. The molecule has 13 nitrogen and oxygen atoms in total. The number of hydrogen-bond acceptors (Lipinski definition) is 12. The minimum absolute atomic E-state index is 0.00569. The van der Waals surface area contributed by atoms with Crippen LogP contribution in [0.4, 0.5) is 0 Å². The van der Waals surface area contributed by atoms with Crippen molar-refractivity contribution in [3.63, 3.8) is 0 Å². The van der Waals surface area contributed by atoms with Crippen LogP contribution in [0.15, 0.2) is 24.3 Å². The van der Waals surface area contributed by atoms with Crippen molar-refractivity contribution in [2.75, 3.05) is 39.6 Å². The van der Waals surface area contributed by atoms with Crippen molar-refractivity contribution in [3.05, 3.63) is 35.4 Å². The molecule has 2 aliphatic rings. The quantitative estimate of drug-likeness (QED) is 0.128. The highest BCUT2D eigenvalue weighted by Gasteiger charge is 2.51. The monoisotopic (exact) mass is 579 g/mol. The van der Waals surface area contributed by atoms with Crippen LogP contribution in [0, 0.1) is 0 Å². The third kappa shape index (κ3) is 8.80. The lowest BCUT2D eigenvalue weighted by Crippen LogP contribution is -2.62. The Bertz CT molecular complexity index is 1060. The van der Waals surface area contributed by atoms with E-state index in [1.54, 1.807) is 24.3 Å². The Kier molecular flexibility index (Phi) is 12.2. The minimum Gasteiger partial charge on any atom is -0.463 e. The first-order valence-corrected chi connectivity index (χ1v) is 13.5. The lowest BCUT2D eigenvalue weighted by atomic mass is 9.98. The SMILES string of the molecule is CCCCO[C@@H]1[C@@H](OCCOCCN2C(=O)c3ccccc3C2=O)O[C@H](COC(C)=O)[C@@H](OC(C)=O)[C@@H]1OC(C)=O. The largest absolute Gasteiger partial charge is 0.463 e. The fraction of sp³-hybridized carbons (Fsp3) is 0.607. The van der Waals surface area contributed by atoms with Crippen LogP contribution < -0.4 is 0 Å². The van der Waals surface area contributed by atoms with E-state index in [0.29, 0.717) is 24.2 Å². The van der Waals surface area contributed by atoms with Crippen LogP contribution >= 0.6 is 0 Å². The van der Waals surface area contributed by atoms with Crippen molar-refractivity contribution in [3.8, 4) is 0 Å². The standard InChI is InChI=1S/C28H37NO12/c1-5-6-12-36-25-24(40-19(4)32)23(39-18(3)31)22(16-38-17(2)30)41-28(25)37-15-14-35-13-11-29-26(33)20-9-7-8-10-21(20)27(29)34/h7-10,22-25,28H,5-6,11-16H2,1-4H3/t22-,23-,24+,25+,28+/m1/s1. The second-order valence-electron chi connectivity index (χ2n) is 9.47. The molecule has 0 radical (unpaired) electrons. The van der Waals surface area contributed by atoms with Crippen molar-refractivity contribution in [2.24, 2.45) is 0 Å². The highest BCUT2D eigenvalue weighted by molar-refractivity contribution is 6.21. The summed E-state index contributed by atoms with van der Waals surface area (Å²) in [6.07, 6.45) is -3.78. The maximum Gasteiger partial charge on any atom is 0.303 e. The van der Waals surface area contributed by atoms with E-state index in [2.05, 4.69) is 0 Å². The van der Waals surface area contributed by atoms with Gasteiger partial charge in [-0.3, -0.25) is 28.9 Å². The summed E-state index contributed by atoms with van der Waals surface area (Å²) in [4.78, 5) is 61.5. The summed E-state index contributed by atoms with van der Waals surface area (Å²) in [6, 6.07) is 6.62. The molecule has 3 rings (SSSR count). The van der Waals surface area contributed by atoms with E-state index in [4.69, 9.17) is 33.2 Å². The number of fused-ring (bicyclic) bond motifs is 1. The third-order valence-corrected chi connectivity index (χ3v) is 6.30. The second-order valence-corrected chi connectivity index (χ2v) is 9.47. The number of imide groups is 1. The summed E-state index contributed by atoms with van der Waals surface area (Å²) >= 11 is 0. The molecule has 41 heavy (non-hydrogen) atoms. The first kappa shape index (κ1) is 32.1. The maximum atomic E-state index is 12.5. The van der Waals surface area contributed by atoms with Gasteiger partial charge in [-0.15, -0.1) is 0 Å². The zero-order valence-electron chi connectivity index (χ0n) is 23.7. The second kappa shape index (κ2) is 15.6. The molecule has 0 aromatic heterocycles. The molecule has 0 saturated carbocycles. The fourth-order valence-electron chi connectivity index (χ4n) is 4.47. The molecule has 1 fully saturated rings. The summed E-state index contributed by atoms with van der Waals surface area (Å²) in [7, 11) is 0. The highest BCUT2D eigenvalue weighted by atomic mass is 16.7. The predicted octanol–water partition coefficient (Wildman–Crippen LogP) is 1.65. The molecule has 0 bridgehead atoms. The van der Waals surface area contributed by atoms with E-state index < -0.39 is 48.6 Å². The number of benzene rings is 1. The van der Waals surface area contributed by atoms with Crippen LogP contribution in [-0.4, -0.2) is 105 Å². The van der Waals surface area contributed by atoms with Gasteiger partial charge in [0.15, 0.2) is 18.5 Å².